The van der Waals surface area contributed by atoms with Crippen LogP contribution in [-0.2, 0) is 11.3 Å². The minimum Gasteiger partial charge on any atom is -0.477 e. The number of hydrogen-bond donors (Lipinski definition) is 2. The first kappa shape index (κ1) is 14.9. The number of carboxylic acid groups (broad SMARTS) is 1. The highest BCUT2D eigenvalue weighted by molar-refractivity contribution is 5.94. The van der Waals surface area contributed by atoms with Gasteiger partial charge in [-0.05, 0) is 12.5 Å². The number of nitro groups is 1. The molecule has 21 heavy (non-hydrogen) atoms. The molecule has 2 N–H and O–H groups in total. The van der Waals surface area contributed by atoms with Gasteiger partial charge in [-0.3, -0.25) is 19.8 Å². The molecule has 8 heteroatoms. The molecule has 0 saturated carbocycles. The van der Waals surface area contributed by atoms with Crippen molar-refractivity contribution in [2.24, 2.45) is 0 Å². The van der Waals surface area contributed by atoms with Crippen molar-refractivity contribution in [2.45, 2.75) is 19.5 Å². The second-order valence-electron chi connectivity index (χ2n) is 4.81. The van der Waals surface area contributed by atoms with Crippen molar-refractivity contribution in [3.63, 3.8) is 0 Å². The van der Waals surface area contributed by atoms with Crippen LogP contribution in [0.25, 0.3) is 0 Å². The molecule has 1 saturated heterocycles. The number of nitrogens with zero attached hydrogens (tertiary/aromatic N) is 2. The minimum absolute atomic E-state index is 0.136. The predicted molar refractivity (Wildman–Crippen MR) is 72.9 cm³/mol. The Hall–Kier alpha value is -2.48. The van der Waals surface area contributed by atoms with Crippen LogP contribution in [-0.4, -0.2) is 45.9 Å². The highest BCUT2D eigenvalue weighted by Crippen LogP contribution is 2.24. The zero-order valence-corrected chi connectivity index (χ0v) is 11.4. The van der Waals surface area contributed by atoms with Gasteiger partial charge in [-0.15, -0.1) is 0 Å². The molecule has 1 aliphatic heterocycles. The van der Waals surface area contributed by atoms with Crippen LogP contribution in [0.3, 0.4) is 0 Å². The summed E-state index contributed by atoms with van der Waals surface area (Å²) in [6, 6.07) is 3.75. The lowest BCUT2D eigenvalue weighted by Crippen LogP contribution is -2.53. The van der Waals surface area contributed by atoms with Gasteiger partial charge in [0.1, 0.15) is 5.56 Å². The lowest BCUT2D eigenvalue weighted by atomic mass is 10.0. The third-order valence-electron chi connectivity index (χ3n) is 3.54. The van der Waals surface area contributed by atoms with E-state index in [-0.39, 0.29) is 18.0 Å². The Labute approximate surface area is 120 Å². The number of hydrogen-bond acceptors (Lipinski definition) is 5. The molecule has 2 rings (SSSR count). The highest BCUT2D eigenvalue weighted by Gasteiger charge is 2.29. The number of carbonyl (C=O) groups is 2. The maximum Gasteiger partial charge on any atom is 0.343 e. The van der Waals surface area contributed by atoms with Gasteiger partial charge in [0, 0.05) is 25.7 Å². The Morgan fingerprint density at radius 1 is 1.57 bits per heavy atom. The molecule has 1 aromatic rings. The fourth-order valence-corrected chi connectivity index (χ4v) is 2.38. The Morgan fingerprint density at radius 2 is 2.29 bits per heavy atom. The number of amides is 1. The first-order chi connectivity index (χ1) is 9.91. The van der Waals surface area contributed by atoms with Crippen molar-refractivity contribution in [1.29, 1.82) is 0 Å². The van der Waals surface area contributed by atoms with E-state index in [4.69, 9.17) is 0 Å². The second kappa shape index (κ2) is 5.88. The Kier molecular flexibility index (Phi) is 4.18. The first-order valence-corrected chi connectivity index (χ1v) is 6.43. The summed E-state index contributed by atoms with van der Waals surface area (Å²) in [6.07, 6.45) is 0. The highest BCUT2D eigenvalue weighted by atomic mass is 16.6. The smallest absolute Gasteiger partial charge is 0.343 e. The molecule has 1 fully saturated rings. The summed E-state index contributed by atoms with van der Waals surface area (Å²) in [7, 11) is 0. The van der Waals surface area contributed by atoms with E-state index in [2.05, 4.69) is 5.32 Å². The van der Waals surface area contributed by atoms with Gasteiger partial charge >= 0.3 is 5.97 Å². The summed E-state index contributed by atoms with van der Waals surface area (Å²) in [5.74, 6) is -1.48. The molecule has 1 unspecified atom stereocenters. The van der Waals surface area contributed by atoms with Crippen molar-refractivity contribution >= 4 is 17.6 Å². The van der Waals surface area contributed by atoms with E-state index in [0.717, 1.165) is 0 Å². The largest absolute Gasteiger partial charge is 0.477 e. The molecule has 0 spiro atoms. The monoisotopic (exact) mass is 293 g/mol. The van der Waals surface area contributed by atoms with Crippen LogP contribution in [0.5, 0.6) is 0 Å². The molecule has 1 amide bonds. The maximum atomic E-state index is 11.6. The zero-order chi connectivity index (χ0) is 15.6. The van der Waals surface area contributed by atoms with Gasteiger partial charge in [-0.25, -0.2) is 4.79 Å². The Balaban J connectivity index is 2.35. The molecule has 1 atom stereocenters. The Bertz CT molecular complexity index is 601. The van der Waals surface area contributed by atoms with Gasteiger partial charge in [-0.2, -0.15) is 0 Å². The fraction of sp³-hybridized carbons (Fsp3) is 0.385. The summed E-state index contributed by atoms with van der Waals surface area (Å²) in [5.41, 5.74) is -0.423. The number of carbonyl (C=O) groups excluding carboxylic acids is 1. The van der Waals surface area contributed by atoms with Gasteiger partial charge < -0.3 is 10.4 Å². The average Bonchev–Trinajstić information content (AvgIpc) is 2.43. The van der Waals surface area contributed by atoms with E-state index in [9.17, 15) is 24.8 Å². The number of rotatable bonds is 4. The van der Waals surface area contributed by atoms with Crippen molar-refractivity contribution in [3.8, 4) is 0 Å². The summed E-state index contributed by atoms with van der Waals surface area (Å²) in [4.78, 5) is 35.0. The van der Waals surface area contributed by atoms with E-state index in [1.165, 1.54) is 18.2 Å². The average molecular weight is 293 g/mol. The van der Waals surface area contributed by atoms with Crippen molar-refractivity contribution in [3.05, 3.63) is 39.4 Å². The molecular weight excluding hydrogens is 278 g/mol. The number of nitro benzene ring substituents is 1. The lowest BCUT2D eigenvalue weighted by Gasteiger charge is -2.32. The maximum absolute atomic E-state index is 11.6. The van der Waals surface area contributed by atoms with Crippen LogP contribution in [0, 0.1) is 10.1 Å². The third-order valence-corrected chi connectivity index (χ3v) is 3.54. The van der Waals surface area contributed by atoms with Gasteiger partial charge in [0.05, 0.1) is 11.0 Å². The molecule has 0 radical (unpaired) electrons. The molecule has 8 nitrogen and oxygen atoms in total. The van der Waals surface area contributed by atoms with E-state index in [0.29, 0.717) is 18.7 Å². The number of carboxylic acids is 1. The topological polar surface area (TPSA) is 113 Å². The first-order valence-electron chi connectivity index (χ1n) is 6.43. The van der Waals surface area contributed by atoms with E-state index in [1.807, 2.05) is 0 Å². The molecule has 1 aromatic carbocycles. The normalized spacial score (nSPS) is 19.1. The van der Waals surface area contributed by atoms with Crippen LogP contribution in [0.15, 0.2) is 18.2 Å². The van der Waals surface area contributed by atoms with Gasteiger partial charge in [0.25, 0.3) is 5.69 Å². The lowest BCUT2D eigenvalue weighted by molar-refractivity contribution is -0.385. The van der Waals surface area contributed by atoms with E-state index >= 15 is 0 Å². The molecule has 0 aromatic heterocycles. The van der Waals surface area contributed by atoms with Crippen molar-refractivity contribution in [1.82, 2.24) is 10.2 Å². The number of aromatic carboxylic acids is 1. The molecule has 0 aliphatic carbocycles. The summed E-state index contributed by atoms with van der Waals surface area (Å²) >= 11 is 0. The minimum atomic E-state index is -1.34. The van der Waals surface area contributed by atoms with E-state index in [1.54, 1.807) is 11.8 Å². The molecule has 1 aliphatic rings. The number of nitrogens with one attached hydrogen (secondary N) is 1. The Morgan fingerprint density at radius 3 is 2.90 bits per heavy atom. The number of benzene rings is 1. The summed E-state index contributed by atoms with van der Waals surface area (Å²) < 4.78 is 0. The van der Waals surface area contributed by atoms with Crippen LogP contribution >= 0.6 is 0 Å². The van der Waals surface area contributed by atoms with Gasteiger partial charge in [0.15, 0.2) is 0 Å². The summed E-state index contributed by atoms with van der Waals surface area (Å²) in [6.45, 7) is 2.93. The number of piperazine rings is 1. The fourth-order valence-electron chi connectivity index (χ4n) is 2.38. The molecule has 112 valence electrons. The molecular formula is C13H15N3O5. The predicted octanol–water partition coefficient (Wildman–Crippen LogP) is 0.613. The third kappa shape index (κ3) is 3.00. The van der Waals surface area contributed by atoms with Crippen LogP contribution in [0.4, 0.5) is 5.69 Å². The van der Waals surface area contributed by atoms with Crippen molar-refractivity contribution < 1.29 is 19.6 Å². The zero-order valence-electron chi connectivity index (χ0n) is 11.4. The van der Waals surface area contributed by atoms with Crippen LogP contribution < -0.4 is 5.32 Å². The summed E-state index contributed by atoms with van der Waals surface area (Å²) in [5, 5.41) is 22.9. The quantitative estimate of drug-likeness (QED) is 0.621. The SMILES string of the molecule is CC1C(=O)NCCN1Cc1cccc([N+](=O)[O-])c1C(=O)O. The van der Waals surface area contributed by atoms with Crippen molar-refractivity contribution in [2.75, 3.05) is 13.1 Å². The molecule has 1 heterocycles. The van der Waals surface area contributed by atoms with Gasteiger partial charge in [0.2, 0.25) is 5.91 Å². The van der Waals surface area contributed by atoms with E-state index < -0.39 is 22.6 Å². The second-order valence-corrected chi connectivity index (χ2v) is 4.81. The van der Waals surface area contributed by atoms with Crippen LogP contribution in [0.1, 0.15) is 22.8 Å². The van der Waals surface area contributed by atoms with Crippen LogP contribution in [0.2, 0.25) is 0 Å². The van der Waals surface area contributed by atoms with Gasteiger partial charge in [-0.1, -0.05) is 12.1 Å². The molecule has 0 bridgehead atoms. The standard InChI is InChI=1S/C13H15N3O5/c1-8-12(17)14-5-6-15(8)7-9-3-2-4-10(16(20)21)11(9)13(18)19/h2-4,8H,5-7H2,1H3,(H,14,17)(H,18,19).